The molecule has 4 aliphatic carbocycles. The molecule has 0 heterocycles. The molecule has 4 saturated carbocycles. The lowest BCUT2D eigenvalue weighted by Crippen LogP contribution is -2.63. The summed E-state index contributed by atoms with van der Waals surface area (Å²) in [4.78, 5) is 24.1. The van der Waals surface area contributed by atoms with Crippen molar-refractivity contribution in [2.75, 3.05) is 0 Å². The van der Waals surface area contributed by atoms with Crippen LogP contribution in [0, 0.1) is 45.3 Å². The summed E-state index contributed by atoms with van der Waals surface area (Å²) in [6.07, 6.45) is 14.0. The molecule has 4 rings (SSSR count). The molecule has 0 aromatic rings. The third-order valence-corrected chi connectivity index (χ3v) is 11.4. The lowest BCUT2D eigenvalue weighted by Gasteiger charge is -2.69. The third-order valence-electron chi connectivity index (χ3n) is 11.4. The average molecular weight is 425 g/mol. The van der Waals surface area contributed by atoms with Crippen molar-refractivity contribution in [2.24, 2.45) is 45.3 Å². The van der Waals surface area contributed by atoms with Crippen LogP contribution in [0.5, 0.6) is 0 Å². The highest BCUT2D eigenvalue weighted by atomic mass is 16.1. The van der Waals surface area contributed by atoms with Crippen molar-refractivity contribution in [3.05, 3.63) is 24.3 Å². The SMILES string of the molecule is C=C(C/C=C\C(C)=O)[C@H]1CC[C@]2(C)[C@@H]1CC[C@@H]1[C@@]3(C)CCC(=O)C(C)(C)[C@@H]3CC[C@]12C. The molecule has 0 aromatic heterocycles. The number of hydrogen-bond donors (Lipinski definition) is 0. The maximum Gasteiger partial charge on any atom is 0.152 e. The van der Waals surface area contributed by atoms with Crippen LogP contribution in [0.25, 0.3) is 0 Å². The van der Waals surface area contributed by atoms with Crippen molar-refractivity contribution in [2.45, 2.75) is 99.3 Å². The molecule has 4 aliphatic rings. The van der Waals surface area contributed by atoms with Gasteiger partial charge < -0.3 is 0 Å². The molecule has 7 atom stereocenters. The monoisotopic (exact) mass is 424 g/mol. The molecule has 2 nitrogen and oxygen atoms in total. The summed E-state index contributed by atoms with van der Waals surface area (Å²) in [6, 6.07) is 0. The first-order valence-electron chi connectivity index (χ1n) is 12.8. The second-order valence-corrected chi connectivity index (χ2v) is 12.8. The quantitative estimate of drug-likeness (QED) is 0.350. The molecule has 0 radical (unpaired) electrons. The number of carbonyl (C=O) groups is 2. The van der Waals surface area contributed by atoms with Crippen molar-refractivity contribution in [1.29, 1.82) is 0 Å². The predicted octanol–water partition coefficient (Wildman–Crippen LogP) is 7.33. The fraction of sp³-hybridized carbons (Fsp3) is 0.793. The van der Waals surface area contributed by atoms with Gasteiger partial charge in [0.05, 0.1) is 0 Å². The number of Topliss-reactive ketones (excluding diaryl/α,β-unsaturated/α-hetero) is 1. The Balaban J connectivity index is 1.61. The van der Waals surface area contributed by atoms with Gasteiger partial charge in [-0.3, -0.25) is 9.59 Å². The molecule has 172 valence electrons. The summed E-state index contributed by atoms with van der Waals surface area (Å²) in [5.41, 5.74) is 2.16. The molecule has 0 saturated heterocycles. The van der Waals surface area contributed by atoms with E-state index in [9.17, 15) is 9.59 Å². The lowest BCUT2D eigenvalue weighted by molar-refractivity contribution is -0.201. The smallest absolute Gasteiger partial charge is 0.152 e. The highest BCUT2D eigenvalue weighted by Crippen LogP contribution is 2.75. The number of ketones is 2. The first-order chi connectivity index (χ1) is 14.4. The van der Waals surface area contributed by atoms with Crippen LogP contribution < -0.4 is 0 Å². The highest BCUT2D eigenvalue weighted by Gasteiger charge is 2.68. The zero-order valence-electron chi connectivity index (χ0n) is 20.9. The van der Waals surface area contributed by atoms with Gasteiger partial charge in [-0.25, -0.2) is 0 Å². The van der Waals surface area contributed by atoms with Crippen LogP contribution >= 0.6 is 0 Å². The Morgan fingerprint density at radius 1 is 0.968 bits per heavy atom. The van der Waals surface area contributed by atoms with Gasteiger partial charge in [-0.2, -0.15) is 0 Å². The van der Waals surface area contributed by atoms with Crippen molar-refractivity contribution >= 4 is 11.6 Å². The average Bonchev–Trinajstić information content (AvgIpc) is 3.03. The molecule has 0 spiro atoms. The number of carbonyl (C=O) groups excluding carboxylic acids is 2. The predicted molar refractivity (Wildman–Crippen MR) is 128 cm³/mol. The number of hydrogen-bond acceptors (Lipinski definition) is 2. The van der Waals surface area contributed by atoms with Crippen molar-refractivity contribution in [3.8, 4) is 0 Å². The topological polar surface area (TPSA) is 34.1 Å². The van der Waals surface area contributed by atoms with E-state index >= 15 is 0 Å². The van der Waals surface area contributed by atoms with E-state index in [2.05, 4.69) is 41.2 Å². The van der Waals surface area contributed by atoms with Crippen LogP contribution in [0.2, 0.25) is 0 Å². The minimum Gasteiger partial charge on any atom is -0.299 e. The summed E-state index contributed by atoms with van der Waals surface area (Å²) in [7, 11) is 0. The molecule has 4 fully saturated rings. The van der Waals surface area contributed by atoms with E-state index in [0.717, 1.165) is 25.2 Å². The molecule has 0 N–H and O–H groups in total. The third kappa shape index (κ3) is 3.17. The van der Waals surface area contributed by atoms with Gasteiger partial charge in [-0.15, -0.1) is 0 Å². The molecule has 0 aromatic carbocycles. The van der Waals surface area contributed by atoms with Gasteiger partial charge in [-0.1, -0.05) is 52.8 Å². The van der Waals surface area contributed by atoms with Gasteiger partial charge in [0.15, 0.2) is 5.78 Å². The van der Waals surface area contributed by atoms with Gasteiger partial charge in [0.1, 0.15) is 5.78 Å². The van der Waals surface area contributed by atoms with Gasteiger partial charge in [0, 0.05) is 11.8 Å². The Bertz CT molecular complexity index is 819. The Hall–Kier alpha value is -1.18. The Morgan fingerprint density at radius 3 is 2.32 bits per heavy atom. The molecule has 31 heavy (non-hydrogen) atoms. The summed E-state index contributed by atoms with van der Waals surface area (Å²) >= 11 is 0. The zero-order valence-corrected chi connectivity index (χ0v) is 20.9. The van der Waals surface area contributed by atoms with E-state index in [0.29, 0.717) is 34.4 Å². The Morgan fingerprint density at radius 2 is 1.65 bits per heavy atom. The zero-order chi connectivity index (χ0) is 22.8. The first-order valence-corrected chi connectivity index (χ1v) is 12.8. The molecular weight excluding hydrogens is 380 g/mol. The highest BCUT2D eigenvalue weighted by molar-refractivity contribution is 5.87. The van der Waals surface area contributed by atoms with Crippen LogP contribution in [0.1, 0.15) is 99.3 Å². The van der Waals surface area contributed by atoms with Crippen LogP contribution in [0.4, 0.5) is 0 Å². The van der Waals surface area contributed by atoms with Crippen molar-refractivity contribution in [3.63, 3.8) is 0 Å². The minimum absolute atomic E-state index is 0.121. The molecule has 0 bridgehead atoms. The van der Waals surface area contributed by atoms with Crippen LogP contribution in [-0.2, 0) is 9.59 Å². The van der Waals surface area contributed by atoms with E-state index in [1.807, 2.05) is 6.08 Å². The summed E-state index contributed by atoms with van der Waals surface area (Å²) < 4.78 is 0. The number of fused-ring (bicyclic) bond motifs is 5. The van der Waals surface area contributed by atoms with E-state index in [1.165, 1.54) is 44.1 Å². The Kier molecular flexibility index (Phi) is 5.51. The maximum absolute atomic E-state index is 12.8. The molecule has 0 aliphatic heterocycles. The Labute approximate surface area is 190 Å². The second-order valence-electron chi connectivity index (χ2n) is 12.8. The van der Waals surface area contributed by atoms with E-state index in [-0.39, 0.29) is 16.6 Å². The van der Waals surface area contributed by atoms with Gasteiger partial charge in [0.25, 0.3) is 0 Å². The summed E-state index contributed by atoms with van der Waals surface area (Å²) in [5.74, 6) is 3.17. The lowest BCUT2D eigenvalue weighted by atomic mass is 9.35. The largest absolute Gasteiger partial charge is 0.299 e. The van der Waals surface area contributed by atoms with E-state index < -0.39 is 0 Å². The summed E-state index contributed by atoms with van der Waals surface area (Å²) in [6.45, 7) is 18.3. The molecule has 0 amide bonds. The van der Waals surface area contributed by atoms with Crippen LogP contribution in [0.15, 0.2) is 24.3 Å². The normalized spacial score (nSPS) is 46.3. The van der Waals surface area contributed by atoms with Gasteiger partial charge in [-0.05, 0) is 104 Å². The first kappa shape index (κ1) is 23.0. The fourth-order valence-corrected chi connectivity index (χ4v) is 9.56. The number of allylic oxidation sites excluding steroid dienone is 3. The van der Waals surface area contributed by atoms with E-state index in [4.69, 9.17) is 0 Å². The maximum atomic E-state index is 12.8. The second kappa shape index (κ2) is 7.42. The fourth-order valence-electron chi connectivity index (χ4n) is 9.56. The van der Waals surface area contributed by atoms with Crippen LogP contribution in [0.3, 0.4) is 0 Å². The minimum atomic E-state index is -0.165. The van der Waals surface area contributed by atoms with Gasteiger partial charge in [0.2, 0.25) is 0 Å². The molecule has 0 unspecified atom stereocenters. The van der Waals surface area contributed by atoms with Crippen molar-refractivity contribution < 1.29 is 9.59 Å². The van der Waals surface area contributed by atoms with E-state index in [1.54, 1.807) is 13.0 Å². The molecule has 2 heteroatoms. The number of rotatable bonds is 4. The summed E-state index contributed by atoms with van der Waals surface area (Å²) in [5, 5.41) is 0. The standard InChI is InChI=1S/C29H44O2/c1-19(9-8-10-20(2)30)21-13-17-28(6)22(21)11-12-24-27(5)16-15-25(31)26(3,4)23(27)14-18-29(24,28)7/h8,10,21-24H,1,9,11-18H2,2-7H3/b10-8-/t21-,22-,23+,24-,27+,28-,29-/m1/s1. The van der Waals surface area contributed by atoms with Crippen molar-refractivity contribution in [1.82, 2.24) is 0 Å². The molecular formula is C29H44O2. The van der Waals surface area contributed by atoms with Crippen LogP contribution in [-0.4, -0.2) is 11.6 Å². The van der Waals surface area contributed by atoms with Gasteiger partial charge >= 0.3 is 0 Å².